The minimum atomic E-state index is -1.01. The molecule has 37 heavy (non-hydrogen) atoms. The summed E-state index contributed by atoms with van der Waals surface area (Å²) in [5.74, 6) is 1.35. The second-order valence-electron chi connectivity index (χ2n) is 8.86. The van der Waals surface area contributed by atoms with Crippen molar-refractivity contribution in [2.75, 3.05) is 34.0 Å². The predicted molar refractivity (Wildman–Crippen MR) is 145 cm³/mol. The van der Waals surface area contributed by atoms with E-state index >= 15 is 0 Å². The molecular formula is C30H38N2O5. The van der Waals surface area contributed by atoms with Gasteiger partial charge in [-0.1, -0.05) is 61.0 Å². The first kappa shape index (κ1) is 28.2. The smallest absolute Gasteiger partial charge is 0.220 e. The van der Waals surface area contributed by atoms with Crippen LogP contribution in [0, 0.1) is 0 Å². The Balaban J connectivity index is 1.97. The number of methoxy groups -OCH3 is 2. The van der Waals surface area contributed by atoms with Crippen LogP contribution in [0.15, 0.2) is 78.9 Å². The van der Waals surface area contributed by atoms with Crippen molar-refractivity contribution in [2.24, 2.45) is 5.73 Å². The normalized spacial score (nSPS) is 12.1. The van der Waals surface area contributed by atoms with Gasteiger partial charge in [-0.3, -0.25) is 4.79 Å². The fourth-order valence-electron chi connectivity index (χ4n) is 4.35. The minimum Gasteiger partial charge on any atom is -0.497 e. The van der Waals surface area contributed by atoms with Gasteiger partial charge in [-0.2, -0.15) is 0 Å². The first-order valence-corrected chi connectivity index (χ1v) is 12.7. The molecule has 0 saturated heterocycles. The zero-order valence-electron chi connectivity index (χ0n) is 21.7. The van der Waals surface area contributed by atoms with Gasteiger partial charge in [-0.05, 0) is 60.3 Å². The van der Waals surface area contributed by atoms with Gasteiger partial charge in [0, 0.05) is 6.42 Å². The zero-order valence-corrected chi connectivity index (χ0v) is 21.7. The lowest BCUT2D eigenvalue weighted by atomic mass is 9.80. The Labute approximate surface area is 219 Å². The first-order chi connectivity index (χ1) is 18.1. The van der Waals surface area contributed by atoms with Crippen LogP contribution < -0.4 is 20.5 Å². The van der Waals surface area contributed by atoms with Crippen molar-refractivity contribution in [1.82, 2.24) is 5.32 Å². The monoisotopic (exact) mass is 506 g/mol. The van der Waals surface area contributed by atoms with Crippen LogP contribution in [0.2, 0.25) is 0 Å². The number of hydrogen-bond acceptors (Lipinski definition) is 6. The highest BCUT2D eigenvalue weighted by atomic mass is 16.5. The molecule has 0 spiro atoms. The van der Waals surface area contributed by atoms with Crippen molar-refractivity contribution in [3.8, 4) is 11.5 Å². The predicted octanol–water partition coefficient (Wildman–Crippen LogP) is 4.01. The molecule has 0 aromatic heterocycles. The van der Waals surface area contributed by atoms with E-state index < -0.39 is 11.6 Å². The van der Waals surface area contributed by atoms with Crippen molar-refractivity contribution in [2.45, 2.75) is 37.3 Å². The highest BCUT2D eigenvalue weighted by molar-refractivity contribution is 5.76. The van der Waals surface area contributed by atoms with Gasteiger partial charge in [0.05, 0.1) is 33.5 Å². The van der Waals surface area contributed by atoms with Crippen LogP contribution in [0.25, 0.3) is 0 Å². The number of amides is 1. The maximum absolute atomic E-state index is 12.5. The average Bonchev–Trinajstić information content (AvgIpc) is 2.96. The van der Waals surface area contributed by atoms with Gasteiger partial charge in [0.1, 0.15) is 17.1 Å². The molecule has 0 bridgehead atoms. The molecule has 0 heterocycles. The van der Waals surface area contributed by atoms with Crippen molar-refractivity contribution in [3.63, 3.8) is 0 Å². The lowest BCUT2D eigenvalue weighted by Gasteiger charge is -2.37. The minimum absolute atomic E-state index is 0.0952. The summed E-state index contributed by atoms with van der Waals surface area (Å²) in [7, 11) is 3.26. The number of nitrogens with two attached hydrogens (primary N) is 1. The fourth-order valence-corrected chi connectivity index (χ4v) is 4.35. The summed E-state index contributed by atoms with van der Waals surface area (Å²) in [6.45, 7) is 0.468. The van der Waals surface area contributed by atoms with Crippen LogP contribution in [0.5, 0.6) is 11.5 Å². The van der Waals surface area contributed by atoms with Crippen LogP contribution >= 0.6 is 0 Å². The van der Waals surface area contributed by atoms with Crippen molar-refractivity contribution < 1.29 is 24.1 Å². The molecule has 3 aromatic carbocycles. The van der Waals surface area contributed by atoms with E-state index in [4.69, 9.17) is 19.9 Å². The molecule has 198 valence electrons. The average molecular weight is 507 g/mol. The Morgan fingerprint density at radius 2 is 1.38 bits per heavy atom. The third-order valence-corrected chi connectivity index (χ3v) is 6.37. The van der Waals surface area contributed by atoms with E-state index in [1.165, 1.54) is 0 Å². The van der Waals surface area contributed by atoms with E-state index in [-0.39, 0.29) is 19.1 Å². The Bertz CT molecular complexity index is 1020. The number of carbonyl (C=O) groups is 1. The van der Waals surface area contributed by atoms with Crippen molar-refractivity contribution in [3.05, 3.63) is 95.6 Å². The number of unbranched alkanes of at least 4 members (excludes halogenated alkanes) is 2. The molecular weight excluding hydrogens is 468 g/mol. The number of ether oxygens (including phenoxy) is 3. The quantitative estimate of drug-likeness (QED) is 0.213. The first-order valence-electron chi connectivity index (χ1n) is 12.7. The van der Waals surface area contributed by atoms with E-state index in [2.05, 4.69) is 5.32 Å². The summed E-state index contributed by atoms with van der Waals surface area (Å²) in [5, 5.41) is 13.0. The largest absolute Gasteiger partial charge is 0.497 e. The number of rotatable bonds is 15. The lowest BCUT2D eigenvalue weighted by molar-refractivity contribution is -0.123. The van der Waals surface area contributed by atoms with Crippen LogP contribution in [0.4, 0.5) is 0 Å². The summed E-state index contributed by atoms with van der Waals surface area (Å²) >= 11 is 0. The van der Waals surface area contributed by atoms with E-state index in [0.717, 1.165) is 47.5 Å². The molecule has 3 aromatic rings. The van der Waals surface area contributed by atoms with E-state index in [1.54, 1.807) is 14.2 Å². The summed E-state index contributed by atoms with van der Waals surface area (Å²) in [6, 6.07) is 24.8. The zero-order chi connectivity index (χ0) is 26.5. The van der Waals surface area contributed by atoms with Gasteiger partial charge < -0.3 is 30.4 Å². The Morgan fingerprint density at radius 1 is 0.838 bits per heavy atom. The van der Waals surface area contributed by atoms with Crippen LogP contribution in [-0.4, -0.2) is 51.0 Å². The molecule has 0 saturated carbocycles. The number of carbonyl (C=O) groups excluding carboxylic acids is 1. The molecule has 7 nitrogen and oxygen atoms in total. The molecule has 0 aliphatic rings. The molecule has 0 fully saturated rings. The number of hydrogen-bond donors (Lipinski definition) is 3. The van der Waals surface area contributed by atoms with E-state index in [1.807, 2.05) is 78.9 Å². The molecule has 4 N–H and O–H groups in total. The van der Waals surface area contributed by atoms with Crippen molar-refractivity contribution >= 4 is 5.91 Å². The Kier molecular flexibility index (Phi) is 11.0. The van der Waals surface area contributed by atoms with Gasteiger partial charge in [0.2, 0.25) is 5.91 Å². The molecule has 0 radical (unpaired) electrons. The van der Waals surface area contributed by atoms with Crippen LogP contribution in [0.1, 0.15) is 42.4 Å². The third kappa shape index (κ3) is 7.32. The molecule has 0 aliphatic carbocycles. The molecule has 1 amide bonds. The summed E-state index contributed by atoms with van der Waals surface area (Å²) < 4.78 is 17.5. The lowest BCUT2D eigenvalue weighted by Crippen LogP contribution is -2.44. The number of aliphatic hydroxyl groups excluding tert-OH is 1. The Hall–Kier alpha value is -3.39. The second-order valence-corrected chi connectivity index (χ2v) is 8.86. The van der Waals surface area contributed by atoms with E-state index in [9.17, 15) is 9.90 Å². The van der Waals surface area contributed by atoms with Gasteiger partial charge in [0.25, 0.3) is 0 Å². The van der Waals surface area contributed by atoms with Crippen molar-refractivity contribution in [1.29, 1.82) is 0 Å². The van der Waals surface area contributed by atoms with Gasteiger partial charge in [-0.15, -0.1) is 0 Å². The van der Waals surface area contributed by atoms with Gasteiger partial charge >= 0.3 is 0 Å². The molecule has 7 heteroatoms. The molecule has 1 unspecified atom stereocenters. The highest BCUT2D eigenvalue weighted by Gasteiger charge is 2.38. The maximum Gasteiger partial charge on any atom is 0.220 e. The topological polar surface area (TPSA) is 103 Å². The summed E-state index contributed by atoms with van der Waals surface area (Å²) in [6.07, 6.45) is 2.93. The summed E-state index contributed by atoms with van der Waals surface area (Å²) in [5.41, 5.74) is 7.20. The van der Waals surface area contributed by atoms with Gasteiger partial charge in [0.15, 0.2) is 0 Å². The Morgan fingerprint density at radius 3 is 1.86 bits per heavy atom. The molecule has 3 rings (SSSR count). The molecule has 1 atom stereocenters. The summed E-state index contributed by atoms with van der Waals surface area (Å²) in [4.78, 5) is 12.5. The second kappa shape index (κ2) is 14.4. The van der Waals surface area contributed by atoms with E-state index in [0.29, 0.717) is 13.0 Å². The van der Waals surface area contributed by atoms with Gasteiger partial charge in [-0.25, -0.2) is 0 Å². The SMILES string of the molecule is COc1ccc(C(OCC(CO)NC(=O)CCCCCN)(c2ccccc2)c2ccc(OC)cc2)cc1. The third-order valence-electron chi connectivity index (χ3n) is 6.37. The fraction of sp³-hybridized carbons (Fsp3) is 0.367. The van der Waals surface area contributed by atoms with Crippen LogP contribution in [0.3, 0.4) is 0 Å². The highest BCUT2D eigenvalue weighted by Crippen LogP contribution is 2.41. The number of nitrogens with one attached hydrogen (secondary N) is 1. The molecule has 0 aliphatic heterocycles. The number of aliphatic hydroxyl groups is 1. The van der Waals surface area contributed by atoms with Crippen LogP contribution in [-0.2, 0) is 15.1 Å². The maximum atomic E-state index is 12.5. The number of benzene rings is 3. The standard InChI is InChI=1S/C30H38N2O5/c1-35-27-16-12-24(13-17-27)30(23-9-5-3-6-10-23,25-14-18-28(36-2)19-15-25)37-22-26(21-33)32-29(34)11-7-4-8-20-31/h3,5-6,9-10,12-19,26,33H,4,7-8,11,20-22,31H2,1-2H3,(H,32,34).